The third kappa shape index (κ3) is 4.05. The zero-order chi connectivity index (χ0) is 16.3. The fraction of sp³-hybridized carbons (Fsp3) is 0.294. The molecule has 0 atom stereocenters. The topological polar surface area (TPSA) is 40.6 Å². The Kier molecular flexibility index (Phi) is 4.90. The van der Waals surface area contributed by atoms with E-state index in [1.165, 1.54) is 0 Å². The Labute approximate surface area is 142 Å². The highest BCUT2D eigenvalue weighted by Crippen LogP contribution is 2.20. The van der Waals surface area contributed by atoms with E-state index < -0.39 is 10.0 Å². The van der Waals surface area contributed by atoms with Crippen LogP contribution >= 0.6 is 11.6 Å². The van der Waals surface area contributed by atoms with Crippen molar-refractivity contribution in [2.24, 2.45) is 0 Å². The molecule has 1 aliphatic rings. The van der Waals surface area contributed by atoms with Crippen LogP contribution in [-0.2, 0) is 15.8 Å². The lowest BCUT2D eigenvalue weighted by atomic mass is 10.2. The fourth-order valence-electron chi connectivity index (χ4n) is 2.79. The summed E-state index contributed by atoms with van der Waals surface area (Å²) >= 11 is 5.93. The molecule has 0 N–H and O–H groups in total. The minimum Gasteiger partial charge on any atom is -0.369 e. The smallest absolute Gasteiger partial charge is 0.218 e. The Hall–Kier alpha value is -1.56. The quantitative estimate of drug-likeness (QED) is 0.851. The van der Waals surface area contributed by atoms with Crippen molar-refractivity contribution < 1.29 is 8.42 Å². The third-order valence-electron chi connectivity index (χ3n) is 3.99. The summed E-state index contributed by atoms with van der Waals surface area (Å²) < 4.78 is 26.7. The maximum absolute atomic E-state index is 12.6. The van der Waals surface area contributed by atoms with Gasteiger partial charge >= 0.3 is 0 Å². The number of halogens is 1. The summed E-state index contributed by atoms with van der Waals surface area (Å²) in [6.07, 6.45) is 0. The van der Waals surface area contributed by atoms with E-state index >= 15 is 0 Å². The van der Waals surface area contributed by atoms with E-state index in [2.05, 4.69) is 17.0 Å². The van der Waals surface area contributed by atoms with Crippen molar-refractivity contribution in [3.63, 3.8) is 0 Å². The van der Waals surface area contributed by atoms with Crippen molar-refractivity contribution in [2.75, 3.05) is 31.1 Å². The summed E-state index contributed by atoms with van der Waals surface area (Å²) in [5.74, 6) is -0.00109. The number of anilines is 1. The van der Waals surface area contributed by atoms with E-state index in [4.69, 9.17) is 11.6 Å². The normalized spacial score (nSPS) is 16.5. The van der Waals surface area contributed by atoms with Gasteiger partial charge in [0.25, 0.3) is 0 Å². The Morgan fingerprint density at radius 2 is 1.61 bits per heavy atom. The summed E-state index contributed by atoms with van der Waals surface area (Å²) in [5.41, 5.74) is 1.86. The molecule has 2 aromatic rings. The number of para-hydroxylation sites is 1. The highest BCUT2D eigenvalue weighted by Gasteiger charge is 2.27. The summed E-state index contributed by atoms with van der Waals surface area (Å²) in [6, 6.07) is 17.1. The van der Waals surface area contributed by atoms with E-state index in [0.717, 1.165) is 11.3 Å². The molecule has 1 saturated heterocycles. The Morgan fingerprint density at radius 1 is 0.913 bits per heavy atom. The average molecular weight is 351 g/mol. The molecule has 1 heterocycles. The number of hydrogen-bond acceptors (Lipinski definition) is 3. The van der Waals surface area contributed by atoms with Gasteiger partial charge in [-0.15, -0.1) is 0 Å². The number of hydrogen-bond donors (Lipinski definition) is 0. The molecule has 0 aromatic heterocycles. The maximum Gasteiger partial charge on any atom is 0.218 e. The van der Waals surface area contributed by atoms with Crippen LogP contribution in [0, 0.1) is 0 Å². The fourth-order valence-corrected chi connectivity index (χ4v) is 4.51. The molecule has 0 saturated carbocycles. The van der Waals surface area contributed by atoms with Crippen LogP contribution in [0.2, 0.25) is 5.02 Å². The number of piperazine rings is 1. The second-order valence-electron chi connectivity index (χ2n) is 5.61. The molecule has 0 aliphatic carbocycles. The summed E-state index contributed by atoms with van der Waals surface area (Å²) in [5, 5.41) is 0.562. The molecule has 1 aliphatic heterocycles. The molecule has 23 heavy (non-hydrogen) atoms. The van der Waals surface area contributed by atoms with Crippen molar-refractivity contribution in [1.82, 2.24) is 4.31 Å². The van der Waals surface area contributed by atoms with Gasteiger partial charge in [0.05, 0.1) is 5.75 Å². The first-order chi connectivity index (χ1) is 11.0. The monoisotopic (exact) mass is 350 g/mol. The predicted molar refractivity (Wildman–Crippen MR) is 94.3 cm³/mol. The maximum atomic E-state index is 12.6. The van der Waals surface area contributed by atoms with Crippen molar-refractivity contribution in [1.29, 1.82) is 0 Å². The molecule has 2 aromatic carbocycles. The molecule has 3 rings (SSSR count). The van der Waals surface area contributed by atoms with Crippen LogP contribution in [0.4, 0.5) is 5.69 Å². The molecule has 0 spiro atoms. The van der Waals surface area contributed by atoms with Gasteiger partial charge in [-0.2, -0.15) is 4.31 Å². The minimum atomic E-state index is -3.31. The molecular weight excluding hydrogens is 332 g/mol. The van der Waals surface area contributed by atoms with Gasteiger partial charge in [-0.1, -0.05) is 41.9 Å². The van der Waals surface area contributed by atoms with Crippen LogP contribution in [0.3, 0.4) is 0 Å². The molecule has 0 bridgehead atoms. The van der Waals surface area contributed by atoms with Crippen LogP contribution in [0.5, 0.6) is 0 Å². The third-order valence-corrected chi connectivity index (χ3v) is 6.08. The largest absolute Gasteiger partial charge is 0.369 e. The van der Waals surface area contributed by atoms with E-state index in [9.17, 15) is 8.42 Å². The van der Waals surface area contributed by atoms with Gasteiger partial charge in [0.2, 0.25) is 10.0 Å². The lowest BCUT2D eigenvalue weighted by Crippen LogP contribution is -2.49. The van der Waals surface area contributed by atoms with Gasteiger partial charge in [0.1, 0.15) is 0 Å². The highest BCUT2D eigenvalue weighted by molar-refractivity contribution is 7.88. The van der Waals surface area contributed by atoms with E-state index in [1.807, 2.05) is 18.2 Å². The van der Waals surface area contributed by atoms with Gasteiger partial charge < -0.3 is 4.90 Å². The summed E-state index contributed by atoms with van der Waals surface area (Å²) in [4.78, 5) is 2.21. The van der Waals surface area contributed by atoms with E-state index in [-0.39, 0.29) is 5.75 Å². The van der Waals surface area contributed by atoms with Crippen LogP contribution in [0.1, 0.15) is 5.56 Å². The molecule has 4 nitrogen and oxygen atoms in total. The highest BCUT2D eigenvalue weighted by atomic mass is 35.5. The molecular formula is C17H19ClN2O2S. The lowest BCUT2D eigenvalue weighted by Gasteiger charge is -2.35. The van der Waals surface area contributed by atoms with Gasteiger partial charge in [0.15, 0.2) is 0 Å². The first-order valence-electron chi connectivity index (χ1n) is 7.57. The number of sulfonamides is 1. The Bertz CT molecular complexity index is 757. The summed E-state index contributed by atoms with van der Waals surface area (Å²) in [6.45, 7) is 2.44. The van der Waals surface area contributed by atoms with E-state index in [1.54, 1.807) is 28.6 Å². The molecule has 6 heteroatoms. The van der Waals surface area contributed by atoms with E-state index in [0.29, 0.717) is 31.2 Å². The Morgan fingerprint density at radius 3 is 2.26 bits per heavy atom. The molecule has 122 valence electrons. The number of rotatable bonds is 4. The zero-order valence-electron chi connectivity index (χ0n) is 12.7. The zero-order valence-corrected chi connectivity index (χ0v) is 14.3. The van der Waals surface area contributed by atoms with Crippen LogP contribution in [0.15, 0.2) is 54.6 Å². The molecule has 0 radical (unpaired) electrons. The van der Waals surface area contributed by atoms with Crippen LogP contribution in [-0.4, -0.2) is 38.9 Å². The van der Waals surface area contributed by atoms with Crippen LogP contribution in [0.25, 0.3) is 0 Å². The Balaban J connectivity index is 1.64. The van der Waals surface area contributed by atoms with Crippen molar-refractivity contribution >= 4 is 27.3 Å². The predicted octanol–water partition coefficient (Wildman–Crippen LogP) is 2.99. The lowest BCUT2D eigenvalue weighted by molar-refractivity contribution is 0.384. The first kappa shape index (κ1) is 16.3. The SMILES string of the molecule is O=S(=O)(Cc1cccc(Cl)c1)N1CCN(c2ccccc2)CC1. The number of nitrogens with zero attached hydrogens (tertiary/aromatic N) is 2. The standard InChI is InChI=1S/C17H19ClN2O2S/c18-16-6-4-5-15(13-16)14-23(21,22)20-11-9-19(10-12-20)17-7-2-1-3-8-17/h1-8,13H,9-12,14H2. The van der Waals surface area contributed by atoms with Gasteiger partial charge in [0, 0.05) is 36.9 Å². The van der Waals surface area contributed by atoms with Gasteiger partial charge in [-0.05, 0) is 29.8 Å². The van der Waals surface area contributed by atoms with Crippen LogP contribution < -0.4 is 4.90 Å². The average Bonchev–Trinajstić information content (AvgIpc) is 2.55. The first-order valence-corrected chi connectivity index (χ1v) is 9.55. The second-order valence-corrected chi connectivity index (χ2v) is 8.01. The molecule has 0 unspecified atom stereocenters. The van der Waals surface area contributed by atoms with Crippen molar-refractivity contribution in [2.45, 2.75) is 5.75 Å². The van der Waals surface area contributed by atoms with Gasteiger partial charge in [-0.25, -0.2) is 8.42 Å². The molecule has 0 amide bonds. The number of benzene rings is 2. The van der Waals surface area contributed by atoms with Crippen molar-refractivity contribution in [3.8, 4) is 0 Å². The second kappa shape index (κ2) is 6.91. The minimum absolute atomic E-state index is 0.00109. The summed E-state index contributed by atoms with van der Waals surface area (Å²) in [7, 11) is -3.31. The molecule has 1 fully saturated rings. The van der Waals surface area contributed by atoms with Gasteiger partial charge in [-0.3, -0.25) is 0 Å². The van der Waals surface area contributed by atoms with Crippen molar-refractivity contribution in [3.05, 3.63) is 65.2 Å².